The molecule has 0 saturated carbocycles. The smallest absolute Gasteiger partial charge is 0.360 e. The van der Waals surface area contributed by atoms with Gasteiger partial charge < -0.3 is 15.8 Å². The third-order valence-corrected chi connectivity index (χ3v) is 4.24. The van der Waals surface area contributed by atoms with Crippen LogP contribution in [-0.4, -0.2) is 34.6 Å². The third-order valence-electron chi connectivity index (χ3n) is 2.77. The largest absolute Gasteiger partial charge is 0.464 e. The number of nitrogen functional groups attached to an aromatic ring is 1. The van der Waals surface area contributed by atoms with Crippen LogP contribution in [0.4, 0.5) is 11.6 Å². The Hall–Kier alpha value is -2.06. The van der Waals surface area contributed by atoms with E-state index in [4.69, 9.17) is 22.1 Å². The fourth-order valence-electron chi connectivity index (χ4n) is 1.67. The van der Waals surface area contributed by atoms with Gasteiger partial charge in [-0.2, -0.15) is 0 Å². The molecule has 9 heteroatoms. The average Bonchev–Trinajstić information content (AvgIpc) is 2.57. The number of nitrogens with zero attached hydrogens (tertiary/aromatic N) is 3. The Morgan fingerprint density at radius 3 is 2.96 bits per heavy atom. The van der Waals surface area contributed by atoms with Gasteiger partial charge in [0, 0.05) is 17.6 Å². The summed E-state index contributed by atoms with van der Waals surface area (Å²) in [6, 6.07) is 1.71. The number of aromatic nitrogens is 3. The minimum absolute atomic E-state index is 0.129. The Morgan fingerprint density at radius 1 is 1.48 bits per heavy atom. The summed E-state index contributed by atoms with van der Waals surface area (Å²) in [6.07, 6.45) is 4.00. The predicted molar refractivity (Wildman–Crippen MR) is 89.9 cm³/mol. The van der Waals surface area contributed by atoms with Crippen LogP contribution in [0.5, 0.6) is 0 Å². The van der Waals surface area contributed by atoms with Crippen molar-refractivity contribution >= 4 is 41.0 Å². The van der Waals surface area contributed by atoms with Crippen molar-refractivity contribution in [2.75, 3.05) is 24.7 Å². The SMILES string of the molecule is CCCNc1ncc(Sc2ccnc(N)c2Cl)nc1C(=O)OC. The van der Waals surface area contributed by atoms with Crippen molar-refractivity contribution in [1.29, 1.82) is 0 Å². The van der Waals surface area contributed by atoms with E-state index >= 15 is 0 Å². The number of anilines is 2. The maximum atomic E-state index is 11.9. The van der Waals surface area contributed by atoms with Gasteiger partial charge in [0.05, 0.1) is 18.3 Å². The lowest BCUT2D eigenvalue weighted by atomic mass is 10.4. The van der Waals surface area contributed by atoms with Gasteiger partial charge in [-0.25, -0.2) is 19.7 Å². The van der Waals surface area contributed by atoms with Crippen molar-refractivity contribution in [3.63, 3.8) is 0 Å². The lowest BCUT2D eigenvalue weighted by Gasteiger charge is -2.10. The molecule has 2 rings (SSSR count). The van der Waals surface area contributed by atoms with E-state index in [1.165, 1.54) is 18.9 Å². The number of hydrogen-bond donors (Lipinski definition) is 2. The van der Waals surface area contributed by atoms with Gasteiger partial charge in [0.25, 0.3) is 0 Å². The van der Waals surface area contributed by atoms with Crippen LogP contribution in [0.1, 0.15) is 23.8 Å². The number of esters is 1. The van der Waals surface area contributed by atoms with E-state index in [1.807, 2.05) is 6.92 Å². The first kappa shape index (κ1) is 17.3. The summed E-state index contributed by atoms with van der Waals surface area (Å²) >= 11 is 7.35. The van der Waals surface area contributed by atoms with Gasteiger partial charge in [0.15, 0.2) is 11.5 Å². The second-order valence-electron chi connectivity index (χ2n) is 4.43. The highest BCUT2D eigenvalue weighted by Gasteiger charge is 2.17. The lowest BCUT2D eigenvalue weighted by Crippen LogP contribution is -2.13. The maximum Gasteiger partial charge on any atom is 0.360 e. The van der Waals surface area contributed by atoms with Crippen molar-refractivity contribution in [3.8, 4) is 0 Å². The van der Waals surface area contributed by atoms with E-state index in [-0.39, 0.29) is 11.5 Å². The molecule has 2 aromatic rings. The summed E-state index contributed by atoms with van der Waals surface area (Å²) in [4.78, 5) is 25.0. The summed E-state index contributed by atoms with van der Waals surface area (Å²) in [6.45, 7) is 2.69. The van der Waals surface area contributed by atoms with Crippen LogP contribution in [0, 0.1) is 0 Å². The molecule has 0 atom stereocenters. The molecule has 0 aliphatic rings. The third kappa shape index (κ3) is 4.23. The van der Waals surface area contributed by atoms with Crippen LogP contribution < -0.4 is 11.1 Å². The van der Waals surface area contributed by atoms with Crippen molar-refractivity contribution in [2.24, 2.45) is 0 Å². The van der Waals surface area contributed by atoms with E-state index in [9.17, 15) is 4.79 Å². The Balaban J connectivity index is 2.33. The number of hydrogen-bond acceptors (Lipinski definition) is 8. The first-order valence-corrected chi connectivity index (χ1v) is 8.03. The van der Waals surface area contributed by atoms with E-state index < -0.39 is 5.97 Å². The first-order valence-electron chi connectivity index (χ1n) is 6.83. The lowest BCUT2D eigenvalue weighted by molar-refractivity contribution is 0.0594. The molecule has 0 aliphatic carbocycles. The molecule has 2 heterocycles. The monoisotopic (exact) mass is 353 g/mol. The number of carbonyl (C=O) groups is 1. The molecule has 7 nitrogen and oxygen atoms in total. The topological polar surface area (TPSA) is 103 Å². The second-order valence-corrected chi connectivity index (χ2v) is 5.87. The van der Waals surface area contributed by atoms with Crippen molar-refractivity contribution in [3.05, 3.63) is 29.2 Å². The van der Waals surface area contributed by atoms with E-state index in [0.717, 1.165) is 6.42 Å². The highest BCUT2D eigenvalue weighted by Crippen LogP contribution is 2.34. The molecule has 23 heavy (non-hydrogen) atoms. The van der Waals surface area contributed by atoms with Gasteiger partial charge in [-0.3, -0.25) is 0 Å². The average molecular weight is 354 g/mol. The van der Waals surface area contributed by atoms with Crippen LogP contribution in [0.3, 0.4) is 0 Å². The molecule has 0 spiro atoms. The zero-order chi connectivity index (χ0) is 16.8. The van der Waals surface area contributed by atoms with E-state index in [0.29, 0.717) is 27.3 Å². The molecular formula is C14H16ClN5O2S. The number of pyridine rings is 1. The molecule has 0 saturated heterocycles. The molecule has 0 radical (unpaired) electrons. The number of carbonyl (C=O) groups excluding carboxylic acids is 1. The van der Waals surface area contributed by atoms with Crippen LogP contribution in [0.2, 0.25) is 5.02 Å². The number of ether oxygens (including phenoxy) is 1. The number of rotatable bonds is 6. The van der Waals surface area contributed by atoms with Crippen LogP contribution in [0.25, 0.3) is 0 Å². The summed E-state index contributed by atoms with van der Waals surface area (Å²) in [7, 11) is 1.30. The van der Waals surface area contributed by atoms with Crippen molar-refractivity contribution in [2.45, 2.75) is 23.3 Å². The number of nitrogens with one attached hydrogen (secondary N) is 1. The van der Waals surface area contributed by atoms with Gasteiger partial charge >= 0.3 is 5.97 Å². The molecule has 2 aromatic heterocycles. The summed E-state index contributed by atoms with van der Waals surface area (Å²) < 4.78 is 4.76. The minimum Gasteiger partial charge on any atom is -0.464 e. The predicted octanol–water partition coefficient (Wildman–Crippen LogP) is 2.87. The Morgan fingerprint density at radius 2 is 2.26 bits per heavy atom. The summed E-state index contributed by atoms with van der Waals surface area (Å²) in [5.41, 5.74) is 5.81. The highest BCUT2D eigenvalue weighted by atomic mass is 35.5. The second kappa shape index (κ2) is 7.98. The van der Waals surface area contributed by atoms with Crippen LogP contribution in [-0.2, 0) is 4.74 Å². The first-order chi connectivity index (χ1) is 11.1. The Labute approximate surface area is 143 Å². The van der Waals surface area contributed by atoms with Crippen molar-refractivity contribution in [1.82, 2.24) is 15.0 Å². The highest BCUT2D eigenvalue weighted by molar-refractivity contribution is 7.99. The minimum atomic E-state index is -0.557. The molecule has 0 bridgehead atoms. The molecule has 0 unspecified atom stereocenters. The van der Waals surface area contributed by atoms with Gasteiger partial charge in [-0.05, 0) is 12.5 Å². The molecular weight excluding hydrogens is 338 g/mol. The molecule has 0 aliphatic heterocycles. The molecule has 0 amide bonds. The zero-order valence-corrected chi connectivity index (χ0v) is 14.2. The standard InChI is InChI=1S/C14H16ClN5O2S/c1-3-5-18-13-11(14(21)22-2)20-9(7-19-13)23-8-4-6-17-12(16)10(8)15/h4,6-7H,3,5H2,1-2H3,(H2,16,17)(H,18,19). The number of methoxy groups -OCH3 is 1. The fraction of sp³-hybridized carbons (Fsp3) is 0.286. The van der Waals surface area contributed by atoms with Gasteiger partial charge in [0.1, 0.15) is 10.8 Å². The molecule has 122 valence electrons. The quantitative estimate of drug-likeness (QED) is 0.764. The Bertz CT molecular complexity index is 714. The number of halogens is 1. The zero-order valence-electron chi connectivity index (χ0n) is 12.7. The summed E-state index contributed by atoms with van der Waals surface area (Å²) in [5.74, 6) is 0.0707. The molecule has 0 fully saturated rings. The van der Waals surface area contributed by atoms with Gasteiger partial charge in [-0.1, -0.05) is 30.3 Å². The van der Waals surface area contributed by atoms with Crippen LogP contribution >= 0.6 is 23.4 Å². The Kier molecular flexibility index (Phi) is 6.00. The van der Waals surface area contributed by atoms with Gasteiger partial charge in [-0.15, -0.1) is 0 Å². The normalized spacial score (nSPS) is 10.4. The fourth-order valence-corrected chi connectivity index (χ4v) is 2.68. The van der Waals surface area contributed by atoms with E-state index in [2.05, 4.69) is 20.3 Å². The van der Waals surface area contributed by atoms with Crippen LogP contribution in [0.15, 0.2) is 28.4 Å². The molecule has 0 aromatic carbocycles. The molecule has 3 N–H and O–H groups in total. The summed E-state index contributed by atoms with van der Waals surface area (Å²) in [5, 5.41) is 3.89. The van der Waals surface area contributed by atoms with Crippen molar-refractivity contribution < 1.29 is 9.53 Å². The van der Waals surface area contributed by atoms with Gasteiger partial charge in [0.2, 0.25) is 0 Å². The maximum absolute atomic E-state index is 11.9. The van der Waals surface area contributed by atoms with E-state index in [1.54, 1.807) is 18.5 Å². The number of nitrogens with two attached hydrogens (primary N) is 1.